The molecule has 4 nitrogen and oxygen atoms in total. The molecule has 0 aliphatic rings. The van der Waals surface area contributed by atoms with Crippen LogP contribution in [0.25, 0.3) is 0 Å². The number of ether oxygens (including phenoxy) is 1. The Morgan fingerprint density at radius 1 is 1.53 bits per heavy atom. The number of nitrogens with one attached hydrogen (secondary N) is 1. The molecule has 1 N–H and O–H groups in total. The van der Waals surface area contributed by atoms with Crippen LogP contribution in [0.1, 0.15) is 19.4 Å². The van der Waals surface area contributed by atoms with E-state index in [1.165, 1.54) is 6.07 Å². The molecule has 1 aromatic carbocycles. The lowest BCUT2D eigenvalue weighted by Crippen LogP contribution is -2.32. The van der Waals surface area contributed by atoms with E-state index in [1.807, 2.05) is 19.9 Å². The third kappa shape index (κ3) is 3.69. The molecule has 0 atom stereocenters. The number of rotatable bonds is 2. The number of nitriles is 1. The molecule has 0 saturated heterocycles. The lowest BCUT2D eigenvalue weighted by molar-refractivity contribution is 0.197. The van der Waals surface area contributed by atoms with Gasteiger partial charge in [-0.25, -0.2) is 4.79 Å². The standard InChI is InChI=1S/C11H12N2O2/c1-8(2)13-11(14)15-10-5-3-4-9(6-10)7-12/h3-6,8H,1-2H3,(H,13,14). The normalized spacial score (nSPS) is 9.47. The largest absolute Gasteiger partial charge is 0.412 e. The highest BCUT2D eigenvalue weighted by molar-refractivity contribution is 5.70. The Bertz CT molecular complexity index is 394. The van der Waals surface area contributed by atoms with Crippen LogP contribution in [0.5, 0.6) is 5.75 Å². The second-order valence-electron chi connectivity index (χ2n) is 3.33. The third-order valence-electron chi connectivity index (χ3n) is 1.58. The van der Waals surface area contributed by atoms with Crippen LogP contribution in [0.2, 0.25) is 0 Å². The maximum atomic E-state index is 11.2. The van der Waals surface area contributed by atoms with Gasteiger partial charge in [-0.2, -0.15) is 5.26 Å². The van der Waals surface area contributed by atoms with Gasteiger partial charge >= 0.3 is 6.09 Å². The fraction of sp³-hybridized carbons (Fsp3) is 0.273. The van der Waals surface area contributed by atoms with E-state index in [4.69, 9.17) is 10.00 Å². The maximum Gasteiger partial charge on any atom is 0.412 e. The van der Waals surface area contributed by atoms with Crippen molar-refractivity contribution in [1.82, 2.24) is 5.32 Å². The van der Waals surface area contributed by atoms with Crippen LogP contribution in [0, 0.1) is 11.3 Å². The lowest BCUT2D eigenvalue weighted by atomic mass is 10.2. The second-order valence-corrected chi connectivity index (χ2v) is 3.33. The summed E-state index contributed by atoms with van der Waals surface area (Å²) in [6.45, 7) is 3.68. The average molecular weight is 204 g/mol. The van der Waals surface area contributed by atoms with Crippen LogP contribution in [-0.4, -0.2) is 12.1 Å². The first-order valence-electron chi connectivity index (χ1n) is 4.60. The Morgan fingerprint density at radius 2 is 2.27 bits per heavy atom. The van der Waals surface area contributed by atoms with Gasteiger partial charge in [-0.1, -0.05) is 6.07 Å². The number of nitrogens with zero attached hydrogens (tertiary/aromatic N) is 1. The molecule has 78 valence electrons. The van der Waals surface area contributed by atoms with E-state index in [2.05, 4.69) is 5.32 Å². The lowest BCUT2D eigenvalue weighted by Gasteiger charge is -2.08. The van der Waals surface area contributed by atoms with Crippen LogP contribution in [0.3, 0.4) is 0 Å². The fourth-order valence-electron chi connectivity index (χ4n) is 1.00. The van der Waals surface area contributed by atoms with Gasteiger partial charge in [0.15, 0.2) is 0 Å². The summed E-state index contributed by atoms with van der Waals surface area (Å²) < 4.78 is 4.97. The van der Waals surface area contributed by atoms with Crippen molar-refractivity contribution in [2.45, 2.75) is 19.9 Å². The summed E-state index contributed by atoms with van der Waals surface area (Å²) >= 11 is 0. The highest BCUT2D eigenvalue weighted by Gasteiger charge is 2.05. The monoisotopic (exact) mass is 204 g/mol. The summed E-state index contributed by atoms with van der Waals surface area (Å²) in [5.41, 5.74) is 0.463. The third-order valence-corrected chi connectivity index (χ3v) is 1.58. The summed E-state index contributed by atoms with van der Waals surface area (Å²) in [7, 11) is 0. The van der Waals surface area contributed by atoms with Crippen molar-refractivity contribution in [3.8, 4) is 11.8 Å². The zero-order chi connectivity index (χ0) is 11.3. The molecule has 15 heavy (non-hydrogen) atoms. The van der Waals surface area contributed by atoms with Crippen LogP contribution in [0.4, 0.5) is 4.79 Å². The molecule has 0 bridgehead atoms. The van der Waals surface area contributed by atoms with Crippen LogP contribution in [-0.2, 0) is 0 Å². The summed E-state index contributed by atoms with van der Waals surface area (Å²) in [6, 6.07) is 8.44. The SMILES string of the molecule is CC(C)NC(=O)Oc1cccc(C#N)c1. The number of carbonyl (C=O) groups excluding carboxylic acids is 1. The molecule has 0 aliphatic heterocycles. The van der Waals surface area contributed by atoms with Gasteiger partial charge in [-0.15, -0.1) is 0 Å². The Hall–Kier alpha value is -2.02. The Labute approximate surface area is 88.5 Å². The molecule has 0 heterocycles. The first kappa shape index (κ1) is 11.1. The number of benzene rings is 1. The van der Waals surface area contributed by atoms with Crippen LogP contribution in [0.15, 0.2) is 24.3 Å². The van der Waals surface area contributed by atoms with Crippen molar-refractivity contribution in [2.24, 2.45) is 0 Å². The fourth-order valence-corrected chi connectivity index (χ4v) is 1.00. The van der Waals surface area contributed by atoms with Gasteiger partial charge in [0.05, 0.1) is 11.6 Å². The molecule has 0 spiro atoms. The zero-order valence-corrected chi connectivity index (χ0v) is 8.65. The topological polar surface area (TPSA) is 62.1 Å². The average Bonchev–Trinajstić information content (AvgIpc) is 2.16. The molecule has 0 radical (unpaired) electrons. The molecule has 0 aromatic heterocycles. The van der Waals surface area contributed by atoms with E-state index in [9.17, 15) is 4.79 Å². The van der Waals surface area contributed by atoms with E-state index in [0.717, 1.165) is 0 Å². The number of hydrogen-bond acceptors (Lipinski definition) is 3. The van der Waals surface area contributed by atoms with Crippen molar-refractivity contribution in [2.75, 3.05) is 0 Å². The summed E-state index contributed by atoms with van der Waals surface area (Å²) in [6.07, 6.45) is -0.514. The molecule has 0 aliphatic carbocycles. The van der Waals surface area contributed by atoms with Crippen molar-refractivity contribution in [1.29, 1.82) is 5.26 Å². The minimum atomic E-state index is -0.514. The highest BCUT2D eigenvalue weighted by Crippen LogP contribution is 2.12. The van der Waals surface area contributed by atoms with Crippen LogP contribution >= 0.6 is 0 Å². The molecular weight excluding hydrogens is 192 g/mol. The number of carbonyl (C=O) groups is 1. The van der Waals surface area contributed by atoms with Crippen molar-refractivity contribution in [3.63, 3.8) is 0 Å². The second kappa shape index (κ2) is 5.01. The Balaban J connectivity index is 2.65. The summed E-state index contributed by atoms with van der Waals surface area (Å²) in [4.78, 5) is 11.2. The predicted molar refractivity (Wildman–Crippen MR) is 55.5 cm³/mol. The van der Waals surface area contributed by atoms with Gasteiger partial charge in [0, 0.05) is 6.04 Å². The van der Waals surface area contributed by atoms with Crippen molar-refractivity contribution >= 4 is 6.09 Å². The summed E-state index contributed by atoms with van der Waals surface area (Å²) in [5.74, 6) is 0.368. The van der Waals surface area contributed by atoms with Gasteiger partial charge in [0.2, 0.25) is 0 Å². The van der Waals surface area contributed by atoms with E-state index in [-0.39, 0.29) is 6.04 Å². The number of hydrogen-bond donors (Lipinski definition) is 1. The minimum Gasteiger partial charge on any atom is -0.410 e. The van der Waals surface area contributed by atoms with Crippen LogP contribution < -0.4 is 10.1 Å². The van der Waals surface area contributed by atoms with Gasteiger partial charge in [-0.05, 0) is 32.0 Å². The molecule has 1 aromatic rings. The number of amides is 1. The Kier molecular flexibility index (Phi) is 3.69. The molecular formula is C11H12N2O2. The smallest absolute Gasteiger partial charge is 0.410 e. The maximum absolute atomic E-state index is 11.2. The Morgan fingerprint density at radius 3 is 2.87 bits per heavy atom. The van der Waals surface area contributed by atoms with E-state index in [1.54, 1.807) is 18.2 Å². The quantitative estimate of drug-likeness (QED) is 0.801. The van der Waals surface area contributed by atoms with Gasteiger partial charge in [-0.3, -0.25) is 0 Å². The predicted octanol–water partition coefficient (Wildman–Crippen LogP) is 2.06. The molecule has 4 heteroatoms. The van der Waals surface area contributed by atoms with E-state index >= 15 is 0 Å². The molecule has 0 unspecified atom stereocenters. The van der Waals surface area contributed by atoms with Gasteiger partial charge in [0.1, 0.15) is 5.75 Å². The van der Waals surface area contributed by atoms with E-state index < -0.39 is 6.09 Å². The molecule has 0 saturated carbocycles. The molecule has 0 fully saturated rings. The molecule has 1 rings (SSSR count). The highest BCUT2D eigenvalue weighted by atomic mass is 16.6. The summed E-state index contributed by atoms with van der Waals surface area (Å²) in [5, 5.41) is 11.2. The first-order chi connectivity index (χ1) is 7.11. The van der Waals surface area contributed by atoms with Crippen molar-refractivity contribution in [3.05, 3.63) is 29.8 Å². The van der Waals surface area contributed by atoms with Gasteiger partial charge in [0.25, 0.3) is 0 Å². The molecule has 1 amide bonds. The first-order valence-corrected chi connectivity index (χ1v) is 4.60. The van der Waals surface area contributed by atoms with Gasteiger partial charge < -0.3 is 10.1 Å². The van der Waals surface area contributed by atoms with E-state index in [0.29, 0.717) is 11.3 Å². The zero-order valence-electron chi connectivity index (χ0n) is 8.65. The van der Waals surface area contributed by atoms with Crippen molar-refractivity contribution < 1.29 is 9.53 Å². The minimum absolute atomic E-state index is 0.0247.